The highest BCUT2D eigenvalue weighted by atomic mass is 14.8. The van der Waals surface area contributed by atoms with Gasteiger partial charge in [-0.3, -0.25) is 0 Å². The van der Waals surface area contributed by atoms with Crippen molar-refractivity contribution in [2.24, 2.45) is 5.41 Å². The highest BCUT2D eigenvalue weighted by molar-refractivity contribution is 4.92. The lowest BCUT2D eigenvalue weighted by atomic mass is 9.84. The van der Waals surface area contributed by atoms with Crippen LogP contribution in [0.15, 0.2) is 12.7 Å². The van der Waals surface area contributed by atoms with Crippen molar-refractivity contribution in [2.75, 3.05) is 13.6 Å². The first kappa shape index (κ1) is 16.7. The molecule has 1 heteroatoms. The van der Waals surface area contributed by atoms with Gasteiger partial charge in [0, 0.05) is 6.54 Å². The maximum absolute atomic E-state index is 3.96. The summed E-state index contributed by atoms with van der Waals surface area (Å²) < 4.78 is 0. The molecule has 17 heavy (non-hydrogen) atoms. The summed E-state index contributed by atoms with van der Waals surface area (Å²) in [5, 5.41) is 3.26. The van der Waals surface area contributed by atoms with Gasteiger partial charge in [0.1, 0.15) is 0 Å². The van der Waals surface area contributed by atoms with E-state index >= 15 is 0 Å². The van der Waals surface area contributed by atoms with Crippen molar-refractivity contribution in [3.05, 3.63) is 12.7 Å². The monoisotopic (exact) mass is 239 g/mol. The zero-order valence-corrected chi connectivity index (χ0v) is 12.4. The van der Waals surface area contributed by atoms with Crippen molar-refractivity contribution in [3.8, 4) is 0 Å². The molecule has 0 aromatic heterocycles. The van der Waals surface area contributed by atoms with Gasteiger partial charge in [0.2, 0.25) is 0 Å². The normalized spacial score (nSPS) is 14.5. The molecule has 0 bridgehead atoms. The smallest absolute Gasteiger partial charge is 0.00367 e. The molecule has 0 spiro atoms. The third-order valence-electron chi connectivity index (χ3n) is 3.67. The fourth-order valence-corrected chi connectivity index (χ4v) is 2.33. The van der Waals surface area contributed by atoms with E-state index in [-0.39, 0.29) is 5.41 Å². The quantitative estimate of drug-likeness (QED) is 0.376. The van der Waals surface area contributed by atoms with Crippen LogP contribution in [0.4, 0.5) is 0 Å². The standard InChI is InChI=1S/C16H33N/c1-5-7-8-9-10-11-12-13-14-16(3,6-2)15-17-4/h6,17H,2,5,7-15H2,1,3-4H3. The predicted octanol–water partition coefficient (Wildman–Crippen LogP) is 4.93. The molecule has 0 fully saturated rings. The van der Waals surface area contributed by atoms with Crippen molar-refractivity contribution in [1.29, 1.82) is 0 Å². The van der Waals surface area contributed by atoms with Crippen LogP contribution in [0.1, 0.15) is 71.6 Å². The fourth-order valence-electron chi connectivity index (χ4n) is 2.33. The van der Waals surface area contributed by atoms with Gasteiger partial charge in [-0.15, -0.1) is 6.58 Å². The van der Waals surface area contributed by atoms with Gasteiger partial charge >= 0.3 is 0 Å². The van der Waals surface area contributed by atoms with Gasteiger partial charge in [0.25, 0.3) is 0 Å². The molecular formula is C16H33N. The first-order chi connectivity index (χ1) is 8.18. The molecular weight excluding hydrogens is 206 g/mol. The van der Waals surface area contributed by atoms with Crippen molar-refractivity contribution in [3.63, 3.8) is 0 Å². The second-order valence-corrected chi connectivity index (χ2v) is 5.61. The van der Waals surface area contributed by atoms with Gasteiger partial charge in [0.05, 0.1) is 0 Å². The third kappa shape index (κ3) is 9.41. The summed E-state index contributed by atoms with van der Waals surface area (Å²) in [6.45, 7) is 9.59. The fraction of sp³-hybridized carbons (Fsp3) is 0.875. The zero-order chi connectivity index (χ0) is 13.0. The van der Waals surface area contributed by atoms with Crippen molar-refractivity contribution in [2.45, 2.75) is 71.6 Å². The molecule has 0 aromatic rings. The van der Waals surface area contributed by atoms with E-state index in [1.54, 1.807) is 0 Å². The Labute approximate surface area is 109 Å². The second kappa shape index (κ2) is 10.8. The average molecular weight is 239 g/mol. The Kier molecular flexibility index (Phi) is 10.6. The number of hydrogen-bond donors (Lipinski definition) is 1. The van der Waals surface area contributed by atoms with E-state index in [2.05, 4.69) is 31.8 Å². The molecule has 0 rings (SSSR count). The maximum Gasteiger partial charge on any atom is 0.00367 e. The van der Waals surface area contributed by atoms with Crippen LogP contribution < -0.4 is 5.32 Å². The van der Waals surface area contributed by atoms with E-state index in [4.69, 9.17) is 0 Å². The Bertz CT molecular complexity index is 176. The van der Waals surface area contributed by atoms with E-state index in [9.17, 15) is 0 Å². The Morgan fingerprint density at radius 2 is 1.53 bits per heavy atom. The number of rotatable bonds is 12. The summed E-state index contributed by atoms with van der Waals surface area (Å²) in [6, 6.07) is 0. The van der Waals surface area contributed by atoms with E-state index in [0.29, 0.717) is 0 Å². The molecule has 0 saturated heterocycles. The molecule has 1 unspecified atom stereocenters. The van der Waals surface area contributed by atoms with Crippen LogP contribution in [0.25, 0.3) is 0 Å². The topological polar surface area (TPSA) is 12.0 Å². The lowest BCUT2D eigenvalue weighted by Gasteiger charge is -2.25. The van der Waals surface area contributed by atoms with E-state index in [1.165, 1.54) is 57.8 Å². The molecule has 0 radical (unpaired) electrons. The SMILES string of the molecule is C=CC(C)(CCCCCCCCCC)CNC. The summed E-state index contributed by atoms with van der Waals surface area (Å²) in [5.74, 6) is 0. The Morgan fingerprint density at radius 3 is 2.00 bits per heavy atom. The largest absolute Gasteiger partial charge is 0.319 e. The molecule has 0 aromatic carbocycles. The molecule has 0 aliphatic rings. The van der Waals surface area contributed by atoms with Gasteiger partial charge in [-0.05, 0) is 18.9 Å². The van der Waals surface area contributed by atoms with Crippen molar-refractivity contribution >= 4 is 0 Å². The van der Waals surface area contributed by atoms with Crippen LogP contribution in [-0.2, 0) is 0 Å². The molecule has 0 amide bonds. The van der Waals surface area contributed by atoms with Crippen LogP contribution in [0.5, 0.6) is 0 Å². The first-order valence-electron chi connectivity index (χ1n) is 7.46. The predicted molar refractivity (Wildman–Crippen MR) is 79.5 cm³/mol. The first-order valence-corrected chi connectivity index (χ1v) is 7.46. The summed E-state index contributed by atoms with van der Waals surface area (Å²) in [6.07, 6.45) is 14.6. The molecule has 0 aliphatic carbocycles. The van der Waals surface area contributed by atoms with Crippen molar-refractivity contribution < 1.29 is 0 Å². The molecule has 1 nitrogen and oxygen atoms in total. The zero-order valence-electron chi connectivity index (χ0n) is 12.4. The van der Waals surface area contributed by atoms with Gasteiger partial charge in [0.15, 0.2) is 0 Å². The molecule has 0 saturated carbocycles. The van der Waals surface area contributed by atoms with E-state index in [0.717, 1.165) is 6.54 Å². The van der Waals surface area contributed by atoms with Gasteiger partial charge < -0.3 is 5.32 Å². The van der Waals surface area contributed by atoms with Gasteiger partial charge in [-0.1, -0.05) is 71.3 Å². The van der Waals surface area contributed by atoms with E-state index in [1.807, 2.05) is 7.05 Å². The van der Waals surface area contributed by atoms with Crippen LogP contribution in [0.2, 0.25) is 0 Å². The minimum absolute atomic E-state index is 0.289. The Morgan fingerprint density at radius 1 is 1.00 bits per heavy atom. The summed E-state index contributed by atoms with van der Waals surface area (Å²) in [5.41, 5.74) is 0.289. The maximum atomic E-state index is 3.96. The highest BCUT2D eigenvalue weighted by Gasteiger charge is 2.17. The second-order valence-electron chi connectivity index (χ2n) is 5.61. The van der Waals surface area contributed by atoms with Gasteiger partial charge in [-0.25, -0.2) is 0 Å². The summed E-state index contributed by atoms with van der Waals surface area (Å²) in [7, 11) is 2.02. The van der Waals surface area contributed by atoms with Crippen LogP contribution >= 0.6 is 0 Å². The van der Waals surface area contributed by atoms with E-state index < -0.39 is 0 Å². The summed E-state index contributed by atoms with van der Waals surface area (Å²) in [4.78, 5) is 0. The third-order valence-corrected chi connectivity index (χ3v) is 3.67. The average Bonchev–Trinajstić information content (AvgIpc) is 2.33. The highest BCUT2D eigenvalue weighted by Crippen LogP contribution is 2.25. The number of hydrogen-bond acceptors (Lipinski definition) is 1. The molecule has 1 atom stereocenters. The summed E-state index contributed by atoms with van der Waals surface area (Å²) >= 11 is 0. The minimum Gasteiger partial charge on any atom is -0.319 e. The molecule has 102 valence electrons. The molecule has 1 N–H and O–H groups in total. The van der Waals surface area contributed by atoms with Crippen molar-refractivity contribution in [1.82, 2.24) is 5.32 Å². The lowest BCUT2D eigenvalue weighted by Crippen LogP contribution is -2.27. The molecule has 0 aliphatic heterocycles. The minimum atomic E-state index is 0.289. The Balaban J connectivity index is 3.40. The van der Waals surface area contributed by atoms with Gasteiger partial charge in [-0.2, -0.15) is 0 Å². The number of nitrogens with one attached hydrogen (secondary N) is 1. The molecule has 0 heterocycles. The van der Waals surface area contributed by atoms with Crippen LogP contribution in [0.3, 0.4) is 0 Å². The Hall–Kier alpha value is -0.300. The van der Waals surface area contributed by atoms with Crippen LogP contribution in [0, 0.1) is 5.41 Å². The lowest BCUT2D eigenvalue weighted by molar-refractivity contribution is 0.357. The van der Waals surface area contributed by atoms with Crippen LogP contribution in [-0.4, -0.2) is 13.6 Å². The number of unbranched alkanes of at least 4 members (excludes halogenated alkanes) is 7.